The molecule has 2 heterocycles. The van der Waals surface area contributed by atoms with Crippen molar-refractivity contribution in [1.82, 2.24) is 10.2 Å². The number of hydrogen-bond acceptors (Lipinski definition) is 5. The van der Waals surface area contributed by atoms with Crippen molar-refractivity contribution in [3.05, 3.63) is 34.3 Å². The summed E-state index contributed by atoms with van der Waals surface area (Å²) >= 11 is 1.37. The summed E-state index contributed by atoms with van der Waals surface area (Å²) in [5, 5.41) is 9.20. The molecule has 0 unspecified atom stereocenters. The van der Waals surface area contributed by atoms with Crippen molar-refractivity contribution < 1.29 is 4.79 Å². The number of nitrogens with two attached hydrogens (primary N) is 1. The fourth-order valence-corrected chi connectivity index (χ4v) is 3.33. The van der Waals surface area contributed by atoms with E-state index in [0.29, 0.717) is 18.1 Å². The molecule has 2 aromatic rings. The first-order valence-corrected chi connectivity index (χ1v) is 7.32. The Kier molecular flexibility index (Phi) is 3.17. The minimum atomic E-state index is 0.0954. The summed E-state index contributed by atoms with van der Waals surface area (Å²) in [6, 6.07) is 6.14. The van der Waals surface area contributed by atoms with Gasteiger partial charge in [0.25, 0.3) is 0 Å². The van der Waals surface area contributed by atoms with Gasteiger partial charge in [-0.05, 0) is 25.5 Å². The molecule has 5 nitrogen and oxygen atoms in total. The van der Waals surface area contributed by atoms with E-state index in [2.05, 4.69) is 23.2 Å². The summed E-state index contributed by atoms with van der Waals surface area (Å²) in [6.07, 6.45) is 0.474. The minimum absolute atomic E-state index is 0.0954. The summed E-state index contributed by atoms with van der Waals surface area (Å²) in [6.45, 7) is 4.73. The maximum Gasteiger partial charge on any atom is 0.227 e. The molecule has 1 aliphatic heterocycles. The van der Waals surface area contributed by atoms with Gasteiger partial charge in [0.1, 0.15) is 5.01 Å². The maximum absolute atomic E-state index is 12.3. The molecule has 0 spiro atoms. The highest BCUT2D eigenvalue weighted by molar-refractivity contribution is 7.15. The lowest BCUT2D eigenvalue weighted by molar-refractivity contribution is -0.117. The summed E-state index contributed by atoms with van der Waals surface area (Å²) < 4.78 is 0. The van der Waals surface area contributed by atoms with E-state index in [1.165, 1.54) is 16.9 Å². The minimum Gasteiger partial charge on any atom is -0.374 e. The number of aryl methyl sites for hydroxylation is 2. The number of rotatable bonds is 2. The third-order valence-electron chi connectivity index (χ3n) is 3.57. The Morgan fingerprint density at radius 1 is 1.35 bits per heavy atom. The van der Waals surface area contributed by atoms with Gasteiger partial charge in [-0.15, -0.1) is 10.2 Å². The molecule has 3 rings (SSSR count). The van der Waals surface area contributed by atoms with Crippen molar-refractivity contribution in [3.8, 4) is 0 Å². The highest BCUT2D eigenvalue weighted by Crippen LogP contribution is 2.34. The number of amides is 1. The molecule has 1 atom stereocenters. The second-order valence-electron chi connectivity index (χ2n) is 5.17. The molecule has 6 heteroatoms. The number of carbonyl (C=O) groups excluding carboxylic acids is 1. The summed E-state index contributed by atoms with van der Waals surface area (Å²) in [5.41, 5.74) is 8.92. The lowest BCUT2D eigenvalue weighted by Gasteiger charge is -2.19. The summed E-state index contributed by atoms with van der Waals surface area (Å²) in [5.74, 6) is 0.230. The van der Waals surface area contributed by atoms with Crippen LogP contribution in [0.3, 0.4) is 0 Å². The van der Waals surface area contributed by atoms with E-state index in [-0.39, 0.29) is 11.8 Å². The lowest BCUT2D eigenvalue weighted by Crippen LogP contribution is -2.25. The van der Waals surface area contributed by atoms with Crippen molar-refractivity contribution in [1.29, 1.82) is 0 Å². The van der Waals surface area contributed by atoms with Gasteiger partial charge in [-0.1, -0.05) is 29.0 Å². The SMILES string of the molecule is Cc1ccc(N2C[C@H](c3nnc(N)s3)CC2=O)c(C)c1. The Labute approximate surface area is 121 Å². The molecule has 104 valence electrons. The van der Waals surface area contributed by atoms with Crippen LogP contribution >= 0.6 is 11.3 Å². The second kappa shape index (κ2) is 4.86. The number of benzene rings is 1. The van der Waals surface area contributed by atoms with Crippen molar-refractivity contribution in [2.75, 3.05) is 17.2 Å². The van der Waals surface area contributed by atoms with Crippen LogP contribution < -0.4 is 10.6 Å². The molecule has 1 amide bonds. The van der Waals surface area contributed by atoms with Crippen LogP contribution in [-0.4, -0.2) is 22.6 Å². The topological polar surface area (TPSA) is 72.1 Å². The Morgan fingerprint density at radius 2 is 2.15 bits per heavy atom. The first-order chi connectivity index (χ1) is 9.54. The number of carbonyl (C=O) groups is 1. The van der Waals surface area contributed by atoms with Crippen LogP contribution in [0.5, 0.6) is 0 Å². The van der Waals surface area contributed by atoms with Crippen LogP contribution in [-0.2, 0) is 4.79 Å². The van der Waals surface area contributed by atoms with Crippen LogP contribution in [0.1, 0.15) is 28.5 Å². The number of aromatic nitrogens is 2. The quantitative estimate of drug-likeness (QED) is 0.920. The summed E-state index contributed by atoms with van der Waals surface area (Å²) in [7, 11) is 0. The molecule has 1 saturated heterocycles. The van der Waals surface area contributed by atoms with E-state index in [1.807, 2.05) is 24.0 Å². The molecule has 1 aliphatic rings. The van der Waals surface area contributed by atoms with Crippen LogP contribution in [0.25, 0.3) is 0 Å². The van der Waals surface area contributed by atoms with Gasteiger partial charge < -0.3 is 10.6 Å². The van der Waals surface area contributed by atoms with Crippen LogP contribution in [0, 0.1) is 13.8 Å². The molecule has 0 bridgehead atoms. The molecule has 0 aliphatic carbocycles. The van der Waals surface area contributed by atoms with Crippen molar-refractivity contribution in [2.45, 2.75) is 26.2 Å². The Morgan fingerprint density at radius 3 is 2.80 bits per heavy atom. The molecule has 2 N–H and O–H groups in total. The fraction of sp³-hybridized carbons (Fsp3) is 0.357. The van der Waals surface area contributed by atoms with E-state index in [1.54, 1.807) is 0 Å². The van der Waals surface area contributed by atoms with E-state index in [4.69, 9.17) is 5.73 Å². The molecule has 20 heavy (non-hydrogen) atoms. The van der Waals surface area contributed by atoms with Crippen molar-refractivity contribution >= 4 is 28.1 Å². The number of hydrogen-bond donors (Lipinski definition) is 1. The van der Waals surface area contributed by atoms with Crippen LogP contribution in [0.2, 0.25) is 0 Å². The highest BCUT2D eigenvalue weighted by atomic mass is 32.1. The summed E-state index contributed by atoms with van der Waals surface area (Å²) in [4.78, 5) is 14.1. The monoisotopic (exact) mass is 288 g/mol. The highest BCUT2D eigenvalue weighted by Gasteiger charge is 2.34. The number of nitrogen functional groups attached to an aromatic ring is 1. The number of anilines is 2. The van der Waals surface area contributed by atoms with E-state index >= 15 is 0 Å². The third kappa shape index (κ3) is 2.27. The Bertz CT molecular complexity index is 667. The fourth-order valence-electron chi connectivity index (χ4n) is 2.63. The van der Waals surface area contributed by atoms with Gasteiger partial charge in [0, 0.05) is 24.6 Å². The van der Waals surface area contributed by atoms with Crippen molar-refractivity contribution in [3.63, 3.8) is 0 Å². The average Bonchev–Trinajstić information content (AvgIpc) is 2.96. The normalized spacial score (nSPS) is 18.8. The lowest BCUT2D eigenvalue weighted by atomic mass is 10.1. The average molecular weight is 288 g/mol. The van der Waals surface area contributed by atoms with E-state index in [9.17, 15) is 4.79 Å². The van der Waals surface area contributed by atoms with Gasteiger partial charge in [-0.2, -0.15) is 0 Å². The van der Waals surface area contributed by atoms with Gasteiger partial charge in [-0.3, -0.25) is 4.79 Å². The standard InChI is InChI=1S/C14H16N4OS/c1-8-3-4-11(9(2)5-8)18-7-10(6-12(18)19)13-16-17-14(15)20-13/h3-5,10H,6-7H2,1-2H3,(H2,15,17)/t10-/m1/s1. The first-order valence-electron chi connectivity index (χ1n) is 6.51. The van der Waals surface area contributed by atoms with Gasteiger partial charge in [0.2, 0.25) is 11.0 Å². The second-order valence-corrected chi connectivity index (χ2v) is 6.21. The Hall–Kier alpha value is -1.95. The zero-order chi connectivity index (χ0) is 14.3. The zero-order valence-electron chi connectivity index (χ0n) is 11.5. The molecular formula is C14H16N4OS. The first kappa shape index (κ1) is 13.1. The predicted molar refractivity (Wildman–Crippen MR) is 79.9 cm³/mol. The molecule has 0 radical (unpaired) electrons. The van der Waals surface area contributed by atoms with Crippen LogP contribution in [0.15, 0.2) is 18.2 Å². The molecule has 1 aromatic heterocycles. The van der Waals surface area contributed by atoms with Gasteiger partial charge >= 0.3 is 0 Å². The van der Waals surface area contributed by atoms with Gasteiger partial charge in [-0.25, -0.2) is 0 Å². The largest absolute Gasteiger partial charge is 0.374 e. The van der Waals surface area contributed by atoms with Crippen molar-refractivity contribution in [2.24, 2.45) is 0 Å². The third-order valence-corrected chi connectivity index (χ3v) is 4.49. The van der Waals surface area contributed by atoms with E-state index < -0.39 is 0 Å². The molecule has 1 aromatic carbocycles. The van der Waals surface area contributed by atoms with Gasteiger partial charge in [0.15, 0.2) is 0 Å². The maximum atomic E-state index is 12.3. The predicted octanol–water partition coefficient (Wildman–Crippen LogP) is 2.26. The van der Waals surface area contributed by atoms with Crippen LogP contribution in [0.4, 0.5) is 10.8 Å². The van der Waals surface area contributed by atoms with Gasteiger partial charge in [0.05, 0.1) is 0 Å². The Balaban J connectivity index is 1.87. The van der Waals surface area contributed by atoms with E-state index in [0.717, 1.165) is 16.3 Å². The molecular weight excluding hydrogens is 272 g/mol. The molecule has 1 fully saturated rings. The zero-order valence-corrected chi connectivity index (χ0v) is 12.3. The smallest absolute Gasteiger partial charge is 0.227 e. The molecule has 0 saturated carbocycles. The number of nitrogens with zero attached hydrogens (tertiary/aromatic N) is 3.